The van der Waals surface area contributed by atoms with E-state index in [1.54, 1.807) is 16.7 Å². The molecule has 1 rings (SSSR count). The van der Waals surface area contributed by atoms with Gasteiger partial charge in [0, 0.05) is 20.2 Å². The number of carbonyl (C=O) groups excluding carboxylic acids is 1. The smallest absolute Gasteiger partial charge is 0.313 e. The minimum atomic E-state index is -0.917. The Bertz CT molecular complexity index is 310. The molecule has 0 bridgehead atoms. The SMILES string of the molecule is CCCSCC(=O)N1CCC(COC)(C(=O)O)C1. The number of thioether (sulfide) groups is 1. The van der Waals surface area contributed by atoms with Gasteiger partial charge in [0.1, 0.15) is 5.41 Å². The molecule has 1 atom stereocenters. The van der Waals surface area contributed by atoms with E-state index >= 15 is 0 Å². The molecule has 1 unspecified atom stereocenters. The lowest BCUT2D eigenvalue weighted by Crippen LogP contribution is -2.40. The molecule has 1 aliphatic rings. The Morgan fingerprint density at radius 2 is 2.22 bits per heavy atom. The highest BCUT2D eigenvalue weighted by atomic mass is 32.2. The van der Waals surface area contributed by atoms with Gasteiger partial charge >= 0.3 is 5.97 Å². The standard InChI is InChI=1S/C12H21NO4S/c1-3-6-18-7-10(14)13-5-4-12(8-13,9-17-2)11(15)16/h3-9H2,1-2H3,(H,15,16). The van der Waals surface area contributed by atoms with Crippen molar-refractivity contribution in [1.82, 2.24) is 4.90 Å². The average Bonchev–Trinajstić information content (AvgIpc) is 2.75. The molecule has 0 radical (unpaired) electrons. The fourth-order valence-corrected chi connectivity index (χ4v) is 2.90. The third kappa shape index (κ3) is 3.62. The van der Waals surface area contributed by atoms with Gasteiger partial charge in [-0.3, -0.25) is 9.59 Å². The first-order chi connectivity index (χ1) is 8.55. The number of ether oxygens (including phenoxy) is 1. The molecule has 1 fully saturated rings. The van der Waals surface area contributed by atoms with Crippen LogP contribution in [-0.4, -0.2) is 60.2 Å². The van der Waals surface area contributed by atoms with Gasteiger partial charge < -0.3 is 14.7 Å². The normalized spacial score (nSPS) is 23.3. The van der Waals surface area contributed by atoms with Crippen LogP contribution in [0.1, 0.15) is 19.8 Å². The fourth-order valence-electron chi connectivity index (χ4n) is 2.11. The molecule has 0 aromatic rings. The molecule has 1 saturated heterocycles. The number of carboxylic acids is 1. The van der Waals surface area contributed by atoms with Crippen molar-refractivity contribution in [1.29, 1.82) is 0 Å². The number of amides is 1. The van der Waals surface area contributed by atoms with Gasteiger partial charge in [-0.15, -0.1) is 0 Å². The second-order valence-electron chi connectivity index (χ2n) is 4.64. The first-order valence-electron chi connectivity index (χ1n) is 6.13. The van der Waals surface area contributed by atoms with E-state index in [0.29, 0.717) is 18.7 Å². The molecule has 104 valence electrons. The first-order valence-corrected chi connectivity index (χ1v) is 7.29. The molecule has 0 aromatic heterocycles. The van der Waals surface area contributed by atoms with Crippen molar-refractivity contribution >= 4 is 23.6 Å². The van der Waals surface area contributed by atoms with Gasteiger partial charge in [-0.05, 0) is 18.6 Å². The number of likely N-dealkylation sites (tertiary alicyclic amines) is 1. The van der Waals surface area contributed by atoms with Gasteiger partial charge in [0.25, 0.3) is 0 Å². The van der Waals surface area contributed by atoms with Crippen LogP contribution in [0.25, 0.3) is 0 Å². The predicted molar refractivity (Wildman–Crippen MR) is 70.8 cm³/mol. The lowest BCUT2D eigenvalue weighted by molar-refractivity contribution is -0.151. The Kier molecular flexibility index (Phi) is 5.95. The van der Waals surface area contributed by atoms with E-state index in [9.17, 15) is 14.7 Å². The van der Waals surface area contributed by atoms with Crippen molar-refractivity contribution in [2.24, 2.45) is 5.41 Å². The van der Waals surface area contributed by atoms with Crippen LogP contribution in [0.15, 0.2) is 0 Å². The van der Waals surface area contributed by atoms with E-state index in [0.717, 1.165) is 12.2 Å². The minimum absolute atomic E-state index is 0.0349. The van der Waals surface area contributed by atoms with Crippen molar-refractivity contribution in [2.45, 2.75) is 19.8 Å². The zero-order valence-corrected chi connectivity index (χ0v) is 11.8. The van der Waals surface area contributed by atoms with Gasteiger partial charge in [-0.1, -0.05) is 6.92 Å². The Morgan fingerprint density at radius 3 is 2.78 bits per heavy atom. The van der Waals surface area contributed by atoms with Crippen molar-refractivity contribution < 1.29 is 19.4 Å². The van der Waals surface area contributed by atoms with Crippen molar-refractivity contribution in [2.75, 3.05) is 38.3 Å². The van der Waals surface area contributed by atoms with Crippen molar-refractivity contribution in [3.05, 3.63) is 0 Å². The summed E-state index contributed by atoms with van der Waals surface area (Å²) in [6, 6.07) is 0. The molecule has 1 amide bonds. The number of aliphatic carboxylic acids is 1. The summed E-state index contributed by atoms with van der Waals surface area (Å²) in [5, 5.41) is 9.29. The van der Waals surface area contributed by atoms with Crippen LogP contribution in [0.3, 0.4) is 0 Å². The highest BCUT2D eigenvalue weighted by molar-refractivity contribution is 7.99. The molecule has 5 nitrogen and oxygen atoms in total. The summed E-state index contributed by atoms with van der Waals surface area (Å²) in [6.07, 6.45) is 1.51. The zero-order valence-electron chi connectivity index (χ0n) is 11.0. The van der Waals surface area contributed by atoms with Gasteiger partial charge in [0.15, 0.2) is 0 Å². The summed E-state index contributed by atoms with van der Waals surface area (Å²) in [4.78, 5) is 24.9. The maximum Gasteiger partial charge on any atom is 0.313 e. The molecule has 1 heterocycles. The third-order valence-electron chi connectivity index (χ3n) is 3.15. The molecular formula is C12H21NO4S. The molecule has 6 heteroatoms. The summed E-state index contributed by atoms with van der Waals surface area (Å²) in [5.41, 5.74) is -0.917. The average molecular weight is 275 g/mol. The topological polar surface area (TPSA) is 66.8 Å². The molecule has 0 aromatic carbocycles. The largest absolute Gasteiger partial charge is 0.481 e. The van der Waals surface area contributed by atoms with Crippen LogP contribution in [0, 0.1) is 5.41 Å². The van der Waals surface area contributed by atoms with E-state index in [1.165, 1.54) is 7.11 Å². The third-order valence-corrected chi connectivity index (χ3v) is 4.30. The van der Waals surface area contributed by atoms with E-state index in [-0.39, 0.29) is 19.1 Å². The van der Waals surface area contributed by atoms with E-state index in [1.807, 2.05) is 0 Å². The molecule has 0 aliphatic carbocycles. The number of carboxylic acid groups (broad SMARTS) is 1. The number of methoxy groups -OCH3 is 1. The molecular weight excluding hydrogens is 254 g/mol. The summed E-state index contributed by atoms with van der Waals surface area (Å²) < 4.78 is 4.99. The quantitative estimate of drug-likeness (QED) is 0.704. The van der Waals surface area contributed by atoms with Gasteiger partial charge in [0.05, 0.1) is 12.4 Å². The monoisotopic (exact) mass is 275 g/mol. The van der Waals surface area contributed by atoms with Crippen LogP contribution in [0.5, 0.6) is 0 Å². The van der Waals surface area contributed by atoms with Crippen LogP contribution in [0.2, 0.25) is 0 Å². The van der Waals surface area contributed by atoms with Gasteiger partial charge in [-0.25, -0.2) is 0 Å². The molecule has 1 aliphatic heterocycles. The Hall–Kier alpha value is -0.750. The van der Waals surface area contributed by atoms with Crippen molar-refractivity contribution in [3.8, 4) is 0 Å². The maximum absolute atomic E-state index is 11.9. The first kappa shape index (κ1) is 15.3. The van der Waals surface area contributed by atoms with Crippen LogP contribution in [0.4, 0.5) is 0 Å². The zero-order chi connectivity index (χ0) is 13.6. The number of carbonyl (C=O) groups is 2. The molecule has 18 heavy (non-hydrogen) atoms. The number of hydrogen-bond acceptors (Lipinski definition) is 4. The number of rotatable bonds is 7. The maximum atomic E-state index is 11.9. The Balaban J connectivity index is 2.52. The van der Waals surface area contributed by atoms with Crippen molar-refractivity contribution in [3.63, 3.8) is 0 Å². The van der Waals surface area contributed by atoms with Crippen LogP contribution < -0.4 is 0 Å². The van der Waals surface area contributed by atoms with E-state index in [4.69, 9.17) is 4.74 Å². The van der Waals surface area contributed by atoms with Crippen LogP contribution >= 0.6 is 11.8 Å². The van der Waals surface area contributed by atoms with Gasteiger partial charge in [0.2, 0.25) is 5.91 Å². The highest BCUT2D eigenvalue weighted by Crippen LogP contribution is 2.31. The fraction of sp³-hybridized carbons (Fsp3) is 0.833. The Morgan fingerprint density at radius 1 is 1.50 bits per heavy atom. The molecule has 0 spiro atoms. The predicted octanol–water partition coefficient (Wildman–Crippen LogP) is 1.08. The molecule has 1 N–H and O–H groups in total. The second-order valence-corrected chi connectivity index (χ2v) is 5.74. The minimum Gasteiger partial charge on any atom is -0.481 e. The second kappa shape index (κ2) is 6.99. The van der Waals surface area contributed by atoms with E-state index < -0.39 is 11.4 Å². The number of nitrogens with zero attached hydrogens (tertiary/aromatic N) is 1. The van der Waals surface area contributed by atoms with Crippen LogP contribution in [-0.2, 0) is 14.3 Å². The summed E-state index contributed by atoms with van der Waals surface area (Å²) in [7, 11) is 1.49. The summed E-state index contributed by atoms with van der Waals surface area (Å²) in [5.74, 6) is 0.562. The van der Waals surface area contributed by atoms with Gasteiger partial charge in [-0.2, -0.15) is 11.8 Å². The summed E-state index contributed by atoms with van der Waals surface area (Å²) in [6.45, 7) is 3.01. The Labute approximate surface area is 112 Å². The summed E-state index contributed by atoms with van der Waals surface area (Å²) >= 11 is 1.60. The number of hydrogen-bond donors (Lipinski definition) is 1. The molecule has 0 saturated carbocycles. The lowest BCUT2D eigenvalue weighted by Gasteiger charge is -2.23. The lowest BCUT2D eigenvalue weighted by atomic mass is 9.88. The van der Waals surface area contributed by atoms with E-state index in [2.05, 4.69) is 6.92 Å². The highest BCUT2D eigenvalue weighted by Gasteiger charge is 2.46.